The Morgan fingerprint density at radius 2 is 2.38 bits per heavy atom. The molecule has 3 atom stereocenters. The SMILES string of the molecule is Cn1nnc(Br)c1C(=O)C1CC2CCC1O2. The fourth-order valence-corrected chi connectivity index (χ4v) is 3.21. The van der Waals surface area contributed by atoms with Crippen LogP contribution in [0.15, 0.2) is 4.60 Å². The highest BCUT2D eigenvalue weighted by molar-refractivity contribution is 9.10. The number of aryl methyl sites for hydroxylation is 1. The molecule has 3 rings (SSSR count). The van der Waals surface area contributed by atoms with E-state index in [1.54, 1.807) is 7.05 Å². The molecule has 1 aromatic heterocycles. The van der Waals surface area contributed by atoms with E-state index in [0.29, 0.717) is 16.4 Å². The molecule has 0 N–H and O–H groups in total. The van der Waals surface area contributed by atoms with Crippen molar-refractivity contribution in [2.75, 3.05) is 0 Å². The van der Waals surface area contributed by atoms with Crippen molar-refractivity contribution in [3.63, 3.8) is 0 Å². The van der Waals surface area contributed by atoms with Gasteiger partial charge in [0.15, 0.2) is 10.4 Å². The monoisotopic (exact) mass is 285 g/mol. The van der Waals surface area contributed by atoms with Crippen molar-refractivity contribution in [3.8, 4) is 0 Å². The third-order valence-electron chi connectivity index (χ3n) is 3.46. The quantitative estimate of drug-likeness (QED) is 0.770. The number of hydrogen-bond acceptors (Lipinski definition) is 4. The topological polar surface area (TPSA) is 57.0 Å². The summed E-state index contributed by atoms with van der Waals surface area (Å²) in [5.41, 5.74) is 0.557. The molecular weight excluding hydrogens is 274 g/mol. The molecule has 2 aliphatic rings. The highest BCUT2D eigenvalue weighted by Gasteiger charge is 2.45. The molecule has 0 aromatic carbocycles. The molecule has 86 valence electrons. The summed E-state index contributed by atoms with van der Waals surface area (Å²) >= 11 is 3.26. The molecule has 6 heteroatoms. The van der Waals surface area contributed by atoms with E-state index >= 15 is 0 Å². The zero-order valence-electron chi connectivity index (χ0n) is 8.89. The summed E-state index contributed by atoms with van der Waals surface area (Å²) in [4.78, 5) is 12.3. The molecule has 0 saturated carbocycles. The molecule has 5 nitrogen and oxygen atoms in total. The van der Waals surface area contributed by atoms with E-state index in [2.05, 4.69) is 26.2 Å². The predicted octanol–water partition coefficient (Wildman–Crippen LogP) is 1.33. The first-order chi connectivity index (χ1) is 7.66. The molecule has 3 unspecified atom stereocenters. The van der Waals surface area contributed by atoms with Gasteiger partial charge in [-0.2, -0.15) is 0 Å². The minimum atomic E-state index is -0.00718. The second kappa shape index (κ2) is 3.63. The molecule has 0 amide bonds. The molecule has 0 spiro atoms. The lowest BCUT2D eigenvalue weighted by atomic mass is 9.85. The smallest absolute Gasteiger partial charge is 0.189 e. The first-order valence-electron chi connectivity index (χ1n) is 5.41. The van der Waals surface area contributed by atoms with Crippen molar-refractivity contribution in [2.45, 2.75) is 31.5 Å². The summed E-state index contributed by atoms with van der Waals surface area (Å²) in [5.74, 6) is 0.0961. The van der Waals surface area contributed by atoms with Gasteiger partial charge < -0.3 is 4.74 Å². The lowest BCUT2D eigenvalue weighted by molar-refractivity contribution is 0.0735. The lowest BCUT2D eigenvalue weighted by Crippen LogP contribution is -2.27. The molecule has 2 saturated heterocycles. The van der Waals surface area contributed by atoms with Crippen LogP contribution in [-0.2, 0) is 11.8 Å². The molecule has 3 heterocycles. The van der Waals surface area contributed by atoms with Crippen LogP contribution in [0.3, 0.4) is 0 Å². The van der Waals surface area contributed by atoms with Gasteiger partial charge >= 0.3 is 0 Å². The van der Waals surface area contributed by atoms with Gasteiger partial charge in [-0.15, -0.1) is 5.10 Å². The molecule has 1 aromatic rings. The third kappa shape index (κ3) is 1.43. The maximum absolute atomic E-state index is 12.3. The van der Waals surface area contributed by atoms with Gasteiger partial charge in [0, 0.05) is 7.05 Å². The standard InChI is InChI=1S/C10H12BrN3O2/c1-14-8(10(11)12-13-14)9(15)6-4-5-2-3-7(6)16-5/h5-7H,2-4H2,1H3. The number of rotatable bonds is 2. The maximum Gasteiger partial charge on any atom is 0.189 e. The molecule has 0 radical (unpaired) electrons. The molecule has 16 heavy (non-hydrogen) atoms. The number of hydrogen-bond donors (Lipinski definition) is 0. The predicted molar refractivity (Wildman–Crippen MR) is 59.0 cm³/mol. The fraction of sp³-hybridized carbons (Fsp3) is 0.700. The average molecular weight is 286 g/mol. The number of fused-ring (bicyclic) bond motifs is 2. The van der Waals surface area contributed by atoms with Gasteiger partial charge in [-0.3, -0.25) is 4.79 Å². The van der Waals surface area contributed by atoms with Gasteiger partial charge in [-0.05, 0) is 35.2 Å². The summed E-state index contributed by atoms with van der Waals surface area (Å²) < 4.78 is 7.75. The van der Waals surface area contributed by atoms with Gasteiger partial charge in [0.1, 0.15) is 5.69 Å². The van der Waals surface area contributed by atoms with E-state index < -0.39 is 0 Å². The normalized spacial score (nSPS) is 32.2. The molecule has 2 bridgehead atoms. The highest BCUT2D eigenvalue weighted by atomic mass is 79.9. The van der Waals surface area contributed by atoms with Gasteiger partial charge in [-0.1, -0.05) is 5.21 Å². The number of carbonyl (C=O) groups excluding carboxylic acids is 1. The van der Waals surface area contributed by atoms with Crippen molar-refractivity contribution in [1.29, 1.82) is 0 Å². The van der Waals surface area contributed by atoms with Crippen molar-refractivity contribution < 1.29 is 9.53 Å². The van der Waals surface area contributed by atoms with Gasteiger partial charge in [0.05, 0.1) is 18.1 Å². The van der Waals surface area contributed by atoms with Gasteiger partial charge in [-0.25, -0.2) is 4.68 Å². The van der Waals surface area contributed by atoms with Crippen molar-refractivity contribution in [1.82, 2.24) is 15.0 Å². The van der Waals surface area contributed by atoms with Gasteiger partial charge in [0.25, 0.3) is 0 Å². The first kappa shape index (κ1) is 10.4. The number of halogens is 1. The number of Topliss-reactive ketones (excluding diaryl/α,β-unsaturated/α-hetero) is 1. The summed E-state index contributed by atoms with van der Waals surface area (Å²) in [6.07, 6.45) is 3.35. The van der Waals surface area contributed by atoms with Crippen LogP contribution < -0.4 is 0 Å². The first-order valence-corrected chi connectivity index (χ1v) is 6.21. The zero-order valence-corrected chi connectivity index (χ0v) is 10.5. The Kier molecular flexibility index (Phi) is 2.36. The van der Waals surface area contributed by atoms with E-state index in [1.165, 1.54) is 4.68 Å². The summed E-state index contributed by atoms with van der Waals surface area (Å²) in [5, 5.41) is 7.67. The van der Waals surface area contributed by atoms with Crippen LogP contribution in [0.4, 0.5) is 0 Å². The van der Waals surface area contributed by atoms with E-state index in [0.717, 1.165) is 19.3 Å². The average Bonchev–Trinajstić information content (AvgIpc) is 2.93. The fourth-order valence-electron chi connectivity index (χ4n) is 2.68. The molecular formula is C10H12BrN3O2. The number of ether oxygens (including phenoxy) is 1. The maximum atomic E-state index is 12.3. The van der Waals surface area contributed by atoms with E-state index in [1.807, 2.05) is 0 Å². The zero-order chi connectivity index (χ0) is 11.3. The van der Waals surface area contributed by atoms with Crippen molar-refractivity contribution in [3.05, 3.63) is 10.3 Å². The summed E-state index contributed by atoms with van der Waals surface area (Å²) in [6.45, 7) is 0. The van der Waals surface area contributed by atoms with E-state index in [9.17, 15) is 4.79 Å². The van der Waals surface area contributed by atoms with Crippen molar-refractivity contribution in [2.24, 2.45) is 13.0 Å². The summed E-state index contributed by atoms with van der Waals surface area (Å²) in [6, 6.07) is 0. The van der Waals surface area contributed by atoms with E-state index in [4.69, 9.17) is 4.74 Å². The number of nitrogens with zero attached hydrogens (tertiary/aromatic N) is 3. The van der Waals surface area contributed by atoms with Gasteiger partial charge in [0.2, 0.25) is 0 Å². The van der Waals surface area contributed by atoms with Crippen LogP contribution in [0.1, 0.15) is 29.8 Å². The largest absolute Gasteiger partial charge is 0.374 e. The van der Waals surface area contributed by atoms with Crippen LogP contribution in [0.2, 0.25) is 0 Å². The van der Waals surface area contributed by atoms with Crippen LogP contribution in [0.25, 0.3) is 0 Å². The molecule has 2 aliphatic heterocycles. The van der Waals surface area contributed by atoms with Crippen LogP contribution in [0.5, 0.6) is 0 Å². The molecule has 0 aliphatic carbocycles. The second-order valence-corrected chi connectivity index (χ2v) is 5.18. The Morgan fingerprint density at radius 1 is 1.56 bits per heavy atom. The molecule has 2 fully saturated rings. The Morgan fingerprint density at radius 3 is 2.88 bits per heavy atom. The number of aromatic nitrogens is 3. The highest BCUT2D eigenvalue weighted by Crippen LogP contribution is 2.40. The summed E-state index contributed by atoms with van der Waals surface area (Å²) in [7, 11) is 1.74. The minimum absolute atomic E-state index is 0.00718. The Labute approximate surface area is 101 Å². The lowest BCUT2D eigenvalue weighted by Gasteiger charge is -2.16. The number of ketones is 1. The van der Waals surface area contributed by atoms with E-state index in [-0.39, 0.29) is 17.8 Å². The Hall–Kier alpha value is -0.750. The third-order valence-corrected chi connectivity index (χ3v) is 4.00. The van der Waals surface area contributed by atoms with Crippen LogP contribution >= 0.6 is 15.9 Å². The Balaban J connectivity index is 1.89. The Bertz CT molecular complexity index is 426. The van der Waals surface area contributed by atoms with Crippen LogP contribution in [0, 0.1) is 5.92 Å². The second-order valence-electron chi connectivity index (χ2n) is 4.43. The van der Waals surface area contributed by atoms with Crippen molar-refractivity contribution >= 4 is 21.7 Å². The van der Waals surface area contributed by atoms with Crippen LogP contribution in [-0.4, -0.2) is 33.0 Å². The minimum Gasteiger partial charge on any atom is -0.374 e. The number of carbonyl (C=O) groups is 1.